The lowest BCUT2D eigenvalue weighted by Gasteiger charge is -2.14. The van der Waals surface area contributed by atoms with Crippen LogP contribution >= 0.6 is 15.9 Å². The van der Waals surface area contributed by atoms with E-state index in [0.29, 0.717) is 0 Å². The van der Waals surface area contributed by atoms with E-state index in [9.17, 15) is 0 Å². The minimum Gasteiger partial charge on any atom is -0.387 e. The Balaban J connectivity index is 2.92. The first-order chi connectivity index (χ1) is 8.08. The highest BCUT2D eigenvalue weighted by molar-refractivity contribution is 9.10. The number of anilines is 1. The minimum atomic E-state index is 0.964. The predicted molar refractivity (Wildman–Crippen MR) is 77.8 cm³/mol. The lowest BCUT2D eigenvalue weighted by Crippen LogP contribution is -2.01. The summed E-state index contributed by atoms with van der Waals surface area (Å²) in [5.74, 6) is 0. The fourth-order valence-corrected chi connectivity index (χ4v) is 2.88. The number of fused-ring (bicyclic) bond motifs is 1. The van der Waals surface area contributed by atoms with Crippen LogP contribution < -0.4 is 5.32 Å². The summed E-state index contributed by atoms with van der Waals surface area (Å²) in [6.45, 7) is 6.39. The monoisotopic (exact) mass is 292 g/mol. The second-order valence-electron chi connectivity index (χ2n) is 4.28. The molecule has 0 bridgehead atoms. The van der Waals surface area contributed by atoms with Crippen molar-refractivity contribution in [3.8, 4) is 0 Å². The van der Waals surface area contributed by atoms with Crippen LogP contribution in [0.1, 0.15) is 23.7 Å². The Morgan fingerprint density at radius 1 is 1.29 bits per heavy atom. The summed E-state index contributed by atoms with van der Waals surface area (Å²) >= 11 is 3.55. The van der Waals surface area contributed by atoms with Crippen LogP contribution in [0.25, 0.3) is 10.9 Å². The van der Waals surface area contributed by atoms with Crippen molar-refractivity contribution >= 4 is 32.5 Å². The molecule has 2 rings (SSSR count). The van der Waals surface area contributed by atoms with Gasteiger partial charge in [-0.1, -0.05) is 22.9 Å². The Hall–Kier alpha value is -1.09. The van der Waals surface area contributed by atoms with Crippen molar-refractivity contribution < 1.29 is 0 Å². The van der Waals surface area contributed by atoms with Crippen LogP contribution in [0, 0.1) is 13.8 Å². The largest absolute Gasteiger partial charge is 0.387 e. The zero-order valence-corrected chi connectivity index (χ0v) is 12.3. The predicted octanol–water partition coefficient (Wildman–Crippen LogP) is 4.22. The van der Waals surface area contributed by atoms with E-state index >= 15 is 0 Å². The van der Waals surface area contributed by atoms with E-state index in [1.54, 1.807) is 0 Å². The number of benzene rings is 1. The van der Waals surface area contributed by atoms with Gasteiger partial charge in [-0.3, -0.25) is 4.98 Å². The Morgan fingerprint density at radius 3 is 2.59 bits per heavy atom. The fourth-order valence-electron chi connectivity index (χ4n) is 2.31. The van der Waals surface area contributed by atoms with Crippen molar-refractivity contribution in [3.05, 3.63) is 33.4 Å². The van der Waals surface area contributed by atoms with E-state index < -0.39 is 0 Å². The van der Waals surface area contributed by atoms with Crippen molar-refractivity contribution in [1.82, 2.24) is 4.98 Å². The molecule has 3 heteroatoms. The molecular weight excluding hydrogens is 276 g/mol. The first-order valence-corrected chi connectivity index (χ1v) is 6.64. The standard InChI is InChI=1S/C14H17BrN2/c1-5-12-9(3)14(16-4)11-7-10(15)6-8(2)13(11)17-12/h6-7H,5H2,1-4H3,(H,16,17). The Labute approximate surface area is 111 Å². The number of aryl methyl sites for hydroxylation is 2. The molecule has 0 fully saturated rings. The summed E-state index contributed by atoms with van der Waals surface area (Å²) in [6.07, 6.45) is 0.964. The molecule has 0 aliphatic rings. The SMILES string of the molecule is CCc1nc2c(C)cc(Br)cc2c(NC)c1C. The summed E-state index contributed by atoms with van der Waals surface area (Å²) in [5.41, 5.74) is 5.92. The van der Waals surface area contributed by atoms with Gasteiger partial charge in [0.15, 0.2) is 0 Å². The number of aromatic nitrogens is 1. The molecule has 17 heavy (non-hydrogen) atoms. The van der Waals surface area contributed by atoms with Crippen molar-refractivity contribution in [2.24, 2.45) is 0 Å². The van der Waals surface area contributed by atoms with Gasteiger partial charge in [-0.2, -0.15) is 0 Å². The first kappa shape index (κ1) is 12.4. The molecule has 2 aromatic rings. The molecule has 90 valence electrons. The average molecular weight is 293 g/mol. The van der Waals surface area contributed by atoms with E-state index in [4.69, 9.17) is 4.98 Å². The van der Waals surface area contributed by atoms with Gasteiger partial charge in [0.1, 0.15) is 0 Å². The van der Waals surface area contributed by atoms with Crippen LogP contribution in [0.15, 0.2) is 16.6 Å². The van der Waals surface area contributed by atoms with Crippen LogP contribution in [-0.2, 0) is 6.42 Å². The summed E-state index contributed by atoms with van der Waals surface area (Å²) in [4.78, 5) is 4.78. The molecule has 0 saturated heterocycles. The number of nitrogens with one attached hydrogen (secondary N) is 1. The van der Waals surface area contributed by atoms with Gasteiger partial charge >= 0.3 is 0 Å². The second-order valence-corrected chi connectivity index (χ2v) is 5.20. The van der Waals surface area contributed by atoms with Crippen LogP contribution in [0.2, 0.25) is 0 Å². The number of hydrogen-bond acceptors (Lipinski definition) is 2. The zero-order valence-electron chi connectivity index (χ0n) is 10.7. The molecule has 2 nitrogen and oxygen atoms in total. The van der Waals surface area contributed by atoms with E-state index in [-0.39, 0.29) is 0 Å². The maximum Gasteiger partial charge on any atom is 0.0756 e. The fraction of sp³-hybridized carbons (Fsp3) is 0.357. The summed E-state index contributed by atoms with van der Waals surface area (Å²) < 4.78 is 1.10. The molecule has 1 heterocycles. The van der Waals surface area contributed by atoms with Gasteiger partial charge in [0.05, 0.1) is 5.52 Å². The maximum absolute atomic E-state index is 4.78. The third kappa shape index (κ3) is 2.04. The molecular formula is C14H17BrN2. The molecule has 0 aliphatic carbocycles. The van der Waals surface area contributed by atoms with Gasteiger partial charge in [0.2, 0.25) is 0 Å². The number of pyridine rings is 1. The van der Waals surface area contributed by atoms with Crippen molar-refractivity contribution in [3.63, 3.8) is 0 Å². The normalized spacial score (nSPS) is 10.9. The highest BCUT2D eigenvalue weighted by atomic mass is 79.9. The Morgan fingerprint density at radius 2 is 2.00 bits per heavy atom. The van der Waals surface area contributed by atoms with Crippen molar-refractivity contribution in [2.45, 2.75) is 27.2 Å². The smallest absolute Gasteiger partial charge is 0.0756 e. The summed E-state index contributed by atoms with van der Waals surface area (Å²) in [6, 6.07) is 4.25. The second kappa shape index (κ2) is 4.65. The van der Waals surface area contributed by atoms with Gasteiger partial charge in [0.25, 0.3) is 0 Å². The summed E-state index contributed by atoms with van der Waals surface area (Å²) in [7, 11) is 1.97. The topological polar surface area (TPSA) is 24.9 Å². The van der Waals surface area contributed by atoms with E-state index in [1.165, 1.54) is 27.9 Å². The average Bonchev–Trinajstić information content (AvgIpc) is 2.28. The molecule has 0 atom stereocenters. The van der Waals surface area contributed by atoms with Crippen LogP contribution in [0.4, 0.5) is 5.69 Å². The molecule has 0 saturated carbocycles. The van der Waals surface area contributed by atoms with Gasteiger partial charge in [-0.25, -0.2) is 0 Å². The van der Waals surface area contributed by atoms with E-state index in [2.05, 4.69) is 54.2 Å². The van der Waals surface area contributed by atoms with Gasteiger partial charge in [-0.05, 0) is 43.5 Å². The molecule has 0 amide bonds. The van der Waals surface area contributed by atoms with Crippen LogP contribution in [0.5, 0.6) is 0 Å². The van der Waals surface area contributed by atoms with E-state index in [1.807, 2.05) is 7.05 Å². The minimum absolute atomic E-state index is 0.964. The number of hydrogen-bond donors (Lipinski definition) is 1. The third-order valence-electron chi connectivity index (χ3n) is 3.17. The van der Waals surface area contributed by atoms with Gasteiger partial charge in [0, 0.05) is 28.3 Å². The first-order valence-electron chi connectivity index (χ1n) is 5.85. The highest BCUT2D eigenvalue weighted by Gasteiger charge is 2.11. The van der Waals surface area contributed by atoms with Crippen LogP contribution in [0.3, 0.4) is 0 Å². The maximum atomic E-state index is 4.78. The molecule has 1 N–H and O–H groups in total. The number of nitrogens with zero attached hydrogens (tertiary/aromatic N) is 1. The highest BCUT2D eigenvalue weighted by Crippen LogP contribution is 2.32. The van der Waals surface area contributed by atoms with Crippen molar-refractivity contribution in [2.75, 3.05) is 12.4 Å². The van der Waals surface area contributed by atoms with Gasteiger partial charge in [-0.15, -0.1) is 0 Å². The summed E-state index contributed by atoms with van der Waals surface area (Å²) in [5, 5.41) is 4.50. The lowest BCUT2D eigenvalue weighted by molar-refractivity contribution is 1.03. The quantitative estimate of drug-likeness (QED) is 0.896. The van der Waals surface area contributed by atoms with Gasteiger partial charge < -0.3 is 5.32 Å². The Bertz CT molecular complexity index is 576. The van der Waals surface area contributed by atoms with Crippen molar-refractivity contribution in [1.29, 1.82) is 0 Å². The molecule has 1 aromatic carbocycles. The molecule has 1 aromatic heterocycles. The number of rotatable bonds is 2. The Kier molecular flexibility index (Phi) is 3.38. The number of halogens is 1. The molecule has 0 unspecified atom stereocenters. The lowest BCUT2D eigenvalue weighted by atomic mass is 10.0. The van der Waals surface area contributed by atoms with Crippen LogP contribution in [-0.4, -0.2) is 12.0 Å². The molecule has 0 spiro atoms. The third-order valence-corrected chi connectivity index (χ3v) is 3.63. The molecule has 0 radical (unpaired) electrons. The zero-order chi connectivity index (χ0) is 12.6. The molecule has 0 aliphatic heterocycles. The van der Waals surface area contributed by atoms with E-state index in [0.717, 1.165) is 16.4 Å².